The zero-order valence-electron chi connectivity index (χ0n) is 17.5. The number of alkyl halides is 3. The fourth-order valence-electron chi connectivity index (χ4n) is 3.17. The highest BCUT2D eigenvalue weighted by Gasteiger charge is 2.30. The number of hydrogen-bond donors (Lipinski definition) is 4. The predicted octanol–water partition coefficient (Wildman–Crippen LogP) is 0.950. The maximum atomic E-state index is 12.8. The van der Waals surface area contributed by atoms with Crippen LogP contribution in [0.25, 0.3) is 0 Å². The van der Waals surface area contributed by atoms with Crippen LogP contribution in [-0.4, -0.2) is 73.3 Å². The second-order valence-electron chi connectivity index (χ2n) is 7.37. The molecule has 1 fully saturated rings. The zero-order chi connectivity index (χ0) is 22.9. The van der Waals surface area contributed by atoms with Crippen LogP contribution in [0.5, 0.6) is 5.75 Å². The number of carbonyl (C=O) groups excluding carboxylic acids is 1. The number of benzene rings is 1. The number of likely N-dealkylation sites (tertiary alicyclic amines) is 1. The van der Waals surface area contributed by atoms with E-state index in [2.05, 4.69) is 15.6 Å². The van der Waals surface area contributed by atoms with Crippen LogP contribution < -0.4 is 21.1 Å². The third-order valence-electron chi connectivity index (χ3n) is 4.72. The lowest BCUT2D eigenvalue weighted by molar-refractivity contribution is -0.137. The fraction of sp³-hybridized carbons (Fsp3) is 0.600. The zero-order valence-corrected chi connectivity index (χ0v) is 17.5. The van der Waals surface area contributed by atoms with Gasteiger partial charge in [0.15, 0.2) is 5.96 Å². The lowest BCUT2D eigenvalue weighted by atomic mass is 10.1. The van der Waals surface area contributed by atoms with Crippen molar-refractivity contribution in [3.05, 3.63) is 29.8 Å². The van der Waals surface area contributed by atoms with Crippen LogP contribution in [0.4, 0.5) is 13.2 Å². The molecule has 1 aliphatic rings. The Morgan fingerprint density at radius 1 is 1.39 bits per heavy atom. The summed E-state index contributed by atoms with van der Waals surface area (Å²) in [5.74, 6) is 0.224. The number of hydrogen-bond acceptors (Lipinski definition) is 5. The Kier molecular flexibility index (Phi) is 9.38. The number of primary amides is 1. The number of guanidine groups is 1. The molecule has 1 saturated heterocycles. The Bertz CT molecular complexity index is 737. The number of aliphatic imine (C=N–C) groups is 1. The maximum Gasteiger partial charge on any atom is 0.416 e. The summed E-state index contributed by atoms with van der Waals surface area (Å²) in [5, 5.41) is 16.5. The molecule has 1 amide bonds. The molecule has 1 atom stereocenters. The van der Waals surface area contributed by atoms with E-state index in [-0.39, 0.29) is 37.4 Å². The second-order valence-corrected chi connectivity index (χ2v) is 7.37. The SMILES string of the molecule is CCNC(=NCC(O)COc1cccc(C(F)(F)F)c1)NC1CCN(CC(N)=O)CC1. The number of amides is 1. The van der Waals surface area contributed by atoms with Gasteiger partial charge in [-0.2, -0.15) is 13.2 Å². The molecule has 0 radical (unpaired) electrons. The van der Waals surface area contributed by atoms with Crippen molar-refractivity contribution in [2.45, 2.75) is 38.1 Å². The lowest BCUT2D eigenvalue weighted by Gasteiger charge is -2.32. The van der Waals surface area contributed by atoms with Gasteiger partial charge in [0.25, 0.3) is 0 Å². The standard InChI is InChI=1S/C20H30F3N5O3/c1-2-25-19(27-15-6-8-28(9-7-15)12-18(24)30)26-11-16(29)13-31-17-5-3-4-14(10-17)20(21,22)23/h3-5,10,15-16,29H,2,6-9,11-13H2,1H3,(H2,24,30)(H2,25,26,27). The number of piperidine rings is 1. The van der Waals surface area contributed by atoms with Gasteiger partial charge in [-0.05, 0) is 38.0 Å². The minimum Gasteiger partial charge on any atom is -0.491 e. The van der Waals surface area contributed by atoms with Crippen LogP contribution in [0.1, 0.15) is 25.3 Å². The van der Waals surface area contributed by atoms with Crippen molar-refractivity contribution in [3.8, 4) is 5.75 Å². The molecule has 0 saturated carbocycles. The van der Waals surface area contributed by atoms with Crippen LogP contribution in [0.15, 0.2) is 29.3 Å². The van der Waals surface area contributed by atoms with E-state index in [9.17, 15) is 23.1 Å². The van der Waals surface area contributed by atoms with Crippen molar-refractivity contribution in [1.29, 1.82) is 0 Å². The first-order chi connectivity index (χ1) is 14.7. The van der Waals surface area contributed by atoms with E-state index in [4.69, 9.17) is 10.5 Å². The summed E-state index contributed by atoms with van der Waals surface area (Å²) in [4.78, 5) is 17.4. The Morgan fingerprint density at radius 2 is 2.10 bits per heavy atom. The van der Waals surface area contributed by atoms with Gasteiger partial charge < -0.3 is 26.2 Å². The number of aliphatic hydroxyl groups is 1. The van der Waals surface area contributed by atoms with E-state index in [1.54, 1.807) is 0 Å². The molecule has 8 nitrogen and oxygen atoms in total. The quantitative estimate of drug-likeness (QED) is 0.333. The topological polar surface area (TPSA) is 112 Å². The molecule has 0 aliphatic carbocycles. The first-order valence-electron chi connectivity index (χ1n) is 10.2. The third kappa shape index (κ3) is 9.01. The highest BCUT2D eigenvalue weighted by Crippen LogP contribution is 2.31. The molecule has 31 heavy (non-hydrogen) atoms. The van der Waals surface area contributed by atoms with Crippen LogP contribution in [0.2, 0.25) is 0 Å². The van der Waals surface area contributed by atoms with Gasteiger partial charge in [0.05, 0.1) is 18.7 Å². The Labute approximate surface area is 179 Å². The third-order valence-corrected chi connectivity index (χ3v) is 4.72. The molecule has 0 bridgehead atoms. The predicted molar refractivity (Wildman–Crippen MR) is 111 cm³/mol. The van der Waals surface area contributed by atoms with Gasteiger partial charge >= 0.3 is 6.18 Å². The molecule has 2 rings (SSSR count). The average Bonchev–Trinajstić information content (AvgIpc) is 2.71. The molecule has 11 heteroatoms. The number of halogens is 3. The maximum absolute atomic E-state index is 12.8. The van der Waals surface area contributed by atoms with E-state index in [1.165, 1.54) is 12.1 Å². The summed E-state index contributed by atoms with van der Waals surface area (Å²) < 4.78 is 43.6. The number of ether oxygens (including phenoxy) is 1. The number of nitrogens with zero attached hydrogens (tertiary/aromatic N) is 2. The smallest absolute Gasteiger partial charge is 0.416 e. The highest BCUT2D eigenvalue weighted by atomic mass is 19.4. The van der Waals surface area contributed by atoms with Crippen molar-refractivity contribution in [3.63, 3.8) is 0 Å². The van der Waals surface area contributed by atoms with Crippen LogP contribution in [0.3, 0.4) is 0 Å². The number of nitrogens with one attached hydrogen (secondary N) is 2. The van der Waals surface area contributed by atoms with Gasteiger partial charge in [0.2, 0.25) is 5.91 Å². The van der Waals surface area contributed by atoms with Gasteiger partial charge in [-0.25, -0.2) is 0 Å². The molecule has 5 N–H and O–H groups in total. The summed E-state index contributed by atoms with van der Waals surface area (Å²) in [6, 6.07) is 4.68. The molecule has 1 heterocycles. The molecule has 0 spiro atoms. The Balaban J connectivity index is 1.81. The van der Waals surface area contributed by atoms with Gasteiger partial charge in [-0.1, -0.05) is 6.07 Å². The van der Waals surface area contributed by atoms with Crippen molar-refractivity contribution >= 4 is 11.9 Å². The average molecular weight is 445 g/mol. The van der Waals surface area contributed by atoms with E-state index in [0.29, 0.717) is 12.5 Å². The molecule has 1 aromatic carbocycles. The first kappa shape index (κ1) is 24.7. The summed E-state index contributed by atoms with van der Waals surface area (Å²) in [5.41, 5.74) is 4.42. The largest absolute Gasteiger partial charge is 0.491 e. The van der Waals surface area contributed by atoms with Gasteiger partial charge in [0, 0.05) is 25.7 Å². The summed E-state index contributed by atoms with van der Waals surface area (Å²) >= 11 is 0. The summed E-state index contributed by atoms with van der Waals surface area (Å²) in [7, 11) is 0. The first-order valence-corrected chi connectivity index (χ1v) is 10.2. The highest BCUT2D eigenvalue weighted by molar-refractivity contribution is 5.80. The van der Waals surface area contributed by atoms with Crippen LogP contribution in [0, 0.1) is 0 Å². The molecule has 0 aromatic heterocycles. The molecule has 1 aromatic rings. The van der Waals surface area contributed by atoms with Crippen molar-refractivity contribution < 1.29 is 27.8 Å². The molecule has 1 aliphatic heterocycles. The Hall–Kier alpha value is -2.53. The molecule has 174 valence electrons. The van der Waals surface area contributed by atoms with Crippen LogP contribution >= 0.6 is 0 Å². The summed E-state index contributed by atoms with van der Waals surface area (Å²) in [6.45, 7) is 4.12. The van der Waals surface area contributed by atoms with Crippen molar-refractivity contribution in [1.82, 2.24) is 15.5 Å². The van der Waals surface area contributed by atoms with E-state index < -0.39 is 17.8 Å². The number of rotatable bonds is 9. The van der Waals surface area contributed by atoms with E-state index in [0.717, 1.165) is 38.1 Å². The Morgan fingerprint density at radius 3 is 2.71 bits per heavy atom. The number of nitrogens with two attached hydrogens (primary N) is 1. The molecule has 1 unspecified atom stereocenters. The van der Waals surface area contributed by atoms with Crippen LogP contribution in [-0.2, 0) is 11.0 Å². The lowest BCUT2D eigenvalue weighted by Crippen LogP contribution is -2.50. The van der Waals surface area contributed by atoms with Gasteiger partial charge in [0.1, 0.15) is 18.5 Å². The molecular formula is C20H30F3N5O3. The number of aliphatic hydroxyl groups excluding tert-OH is 1. The minimum absolute atomic E-state index is 0.0226. The van der Waals surface area contributed by atoms with Gasteiger partial charge in [-0.15, -0.1) is 0 Å². The summed E-state index contributed by atoms with van der Waals surface area (Å²) in [6.07, 6.45) is -3.80. The number of carbonyl (C=O) groups is 1. The van der Waals surface area contributed by atoms with E-state index >= 15 is 0 Å². The van der Waals surface area contributed by atoms with Gasteiger partial charge in [-0.3, -0.25) is 14.7 Å². The van der Waals surface area contributed by atoms with E-state index in [1.807, 2.05) is 11.8 Å². The van der Waals surface area contributed by atoms with Crippen molar-refractivity contribution in [2.24, 2.45) is 10.7 Å². The van der Waals surface area contributed by atoms with Crippen molar-refractivity contribution in [2.75, 3.05) is 39.3 Å². The molecular weight excluding hydrogens is 415 g/mol. The fourth-order valence-corrected chi connectivity index (χ4v) is 3.17. The monoisotopic (exact) mass is 445 g/mol. The normalized spacial score (nSPS) is 17.3. The second kappa shape index (κ2) is 11.8. The minimum atomic E-state index is -4.45.